The molecule has 0 heterocycles. The standard InChI is InChI=1S/C14H13F2N/c1-9-3-2-4-12(13(9)16)14(17)10-5-7-11(15)8-6-10/h2-8,14H,17H2,1H3. The lowest BCUT2D eigenvalue weighted by atomic mass is 9.97. The van der Waals surface area contributed by atoms with Gasteiger partial charge in [0.25, 0.3) is 0 Å². The van der Waals surface area contributed by atoms with Gasteiger partial charge >= 0.3 is 0 Å². The summed E-state index contributed by atoms with van der Waals surface area (Å²) in [6, 6.07) is 10.3. The van der Waals surface area contributed by atoms with E-state index in [1.807, 2.05) is 0 Å². The lowest BCUT2D eigenvalue weighted by Gasteiger charge is -2.14. The molecule has 0 radical (unpaired) electrons. The maximum Gasteiger partial charge on any atom is 0.131 e. The molecule has 2 aromatic rings. The average molecular weight is 233 g/mol. The monoisotopic (exact) mass is 233 g/mol. The van der Waals surface area contributed by atoms with Crippen LogP contribution in [0.15, 0.2) is 42.5 Å². The second-order valence-corrected chi connectivity index (χ2v) is 4.01. The van der Waals surface area contributed by atoms with Crippen molar-refractivity contribution in [3.8, 4) is 0 Å². The molecule has 2 aromatic carbocycles. The first-order valence-corrected chi connectivity index (χ1v) is 5.35. The first-order valence-electron chi connectivity index (χ1n) is 5.35. The number of hydrogen-bond donors (Lipinski definition) is 1. The molecule has 0 aliphatic rings. The Kier molecular flexibility index (Phi) is 3.20. The Morgan fingerprint density at radius 1 is 1.00 bits per heavy atom. The number of nitrogens with two attached hydrogens (primary N) is 1. The summed E-state index contributed by atoms with van der Waals surface area (Å²) < 4.78 is 26.6. The number of aryl methyl sites for hydroxylation is 1. The largest absolute Gasteiger partial charge is 0.320 e. The molecule has 0 saturated carbocycles. The zero-order valence-corrected chi connectivity index (χ0v) is 9.45. The minimum Gasteiger partial charge on any atom is -0.320 e. The van der Waals surface area contributed by atoms with Gasteiger partial charge in [-0.05, 0) is 30.2 Å². The van der Waals surface area contributed by atoms with E-state index in [2.05, 4.69) is 0 Å². The van der Waals surface area contributed by atoms with E-state index in [9.17, 15) is 8.78 Å². The molecule has 17 heavy (non-hydrogen) atoms. The minimum atomic E-state index is -0.574. The average Bonchev–Trinajstić information content (AvgIpc) is 2.33. The van der Waals surface area contributed by atoms with Crippen LogP contribution >= 0.6 is 0 Å². The summed E-state index contributed by atoms with van der Waals surface area (Å²) in [4.78, 5) is 0. The van der Waals surface area contributed by atoms with Crippen molar-refractivity contribution in [2.45, 2.75) is 13.0 Å². The van der Waals surface area contributed by atoms with Crippen molar-refractivity contribution in [1.29, 1.82) is 0 Å². The van der Waals surface area contributed by atoms with Crippen LogP contribution in [-0.4, -0.2) is 0 Å². The van der Waals surface area contributed by atoms with Crippen LogP contribution in [0.25, 0.3) is 0 Å². The summed E-state index contributed by atoms with van der Waals surface area (Å²) in [7, 11) is 0. The number of hydrogen-bond acceptors (Lipinski definition) is 1. The third-order valence-corrected chi connectivity index (χ3v) is 2.79. The zero-order valence-electron chi connectivity index (χ0n) is 9.45. The molecule has 0 amide bonds. The third kappa shape index (κ3) is 2.34. The zero-order chi connectivity index (χ0) is 12.4. The smallest absolute Gasteiger partial charge is 0.131 e. The Morgan fingerprint density at radius 3 is 2.29 bits per heavy atom. The van der Waals surface area contributed by atoms with Gasteiger partial charge in [0.1, 0.15) is 11.6 Å². The molecule has 2 rings (SSSR count). The van der Waals surface area contributed by atoms with E-state index in [4.69, 9.17) is 5.73 Å². The van der Waals surface area contributed by atoms with Crippen molar-refractivity contribution in [1.82, 2.24) is 0 Å². The van der Waals surface area contributed by atoms with Crippen molar-refractivity contribution < 1.29 is 8.78 Å². The summed E-state index contributed by atoms with van der Waals surface area (Å²) in [5.41, 5.74) is 7.65. The van der Waals surface area contributed by atoms with Gasteiger partial charge in [-0.15, -0.1) is 0 Å². The van der Waals surface area contributed by atoms with Crippen LogP contribution in [-0.2, 0) is 0 Å². The van der Waals surface area contributed by atoms with Gasteiger partial charge in [-0.3, -0.25) is 0 Å². The van der Waals surface area contributed by atoms with Crippen LogP contribution < -0.4 is 5.73 Å². The van der Waals surface area contributed by atoms with E-state index in [0.29, 0.717) is 16.7 Å². The van der Waals surface area contributed by atoms with Gasteiger partial charge in [0, 0.05) is 5.56 Å². The molecule has 0 saturated heterocycles. The van der Waals surface area contributed by atoms with Crippen molar-refractivity contribution in [3.05, 3.63) is 70.8 Å². The highest BCUT2D eigenvalue weighted by molar-refractivity contribution is 5.34. The van der Waals surface area contributed by atoms with Crippen LogP contribution in [0.4, 0.5) is 8.78 Å². The molecule has 1 atom stereocenters. The van der Waals surface area contributed by atoms with E-state index in [1.165, 1.54) is 12.1 Å². The Labute approximate surface area is 98.9 Å². The summed E-state index contributed by atoms with van der Waals surface area (Å²) in [5, 5.41) is 0. The first-order chi connectivity index (χ1) is 8.09. The molecule has 1 nitrogen and oxygen atoms in total. The Morgan fingerprint density at radius 2 is 1.65 bits per heavy atom. The fourth-order valence-electron chi connectivity index (χ4n) is 1.76. The third-order valence-electron chi connectivity index (χ3n) is 2.79. The van der Waals surface area contributed by atoms with Crippen molar-refractivity contribution in [2.75, 3.05) is 0 Å². The highest BCUT2D eigenvalue weighted by Gasteiger charge is 2.14. The van der Waals surface area contributed by atoms with E-state index in [-0.39, 0.29) is 11.6 Å². The van der Waals surface area contributed by atoms with Gasteiger partial charge in [-0.2, -0.15) is 0 Å². The van der Waals surface area contributed by atoms with E-state index in [0.717, 1.165) is 0 Å². The van der Waals surface area contributed by atoms with Gasteiger partial charge in [-0.25, -0.2) is 8.78 Å². The SMILES string of the molecule is Cc1cccc(C(N)c2ccc(F)cc2)c1F. The van der Waals surface area contributed by atoms with Crippen LogP contribution in [0.2, 0.25) is 0 Å². The lowest BCUT2D eigenvalue weighted by Crippen LogP contribution is -2.14. The maximum atomic E-state index is 13.9. The molecule has 0 fully saturated rings. The highest BCUT2D eigenvalue weighted by atomic mass is 19.1. The second-order valence-electron chi connectivity index (χ2n) is 4.01. The van der Waals surface area contributed by atoms with Crippen molar-refractivity contribution in [2.24, 2.45) is 5.73 Å². The normalized spacial score (nSPS) is 12.5. The minimum absolute atomic E-state index is 0.302. The predicted octanol–water partition coefficient (Wildman–Crippen LogP) is 3.32. The molecule has 3 heteroatoms. The van der Waals surface area contributed by atoms with Gasteiger partial charge in [-0.1, -0.05) is 30.3 Å². The van der Waals surface area contributed by atoms with E-state index in [1.54, 1.807) is 37.3 Å². The molecule has 0 spiro atoms. The molecule has 1 unspecified atom stereocenters. The molecule has 0 aliphatic carbocycles. The van der Waals surface area contributed by atoms with Gasteiger partial charge < -0.3 is 5.73 Å². The molecule has 88 valence electrons. The fraction of sp³-hybridized carbons (Fsp3) is 0.143. The fourth-order valence-corrected chi connectivity index (χ4v) is 1.76. The van der Waals surface area contributed by atoms with Crippen LogP contribution in [0.3, 0.4) is 0 Å². The molecule has 0 aliphatic heterocycles. The first kappa shape index (κ1) is 11.7. The Balaban J connectivity index is 2.40. The number of benzene rings is 2. The number of rotatable bonds is 2. The van der Waals surface area contributed by atoms with Crippen LogP contribution in [0, 0.1) is 18.6 Å². The van der Waals surface area contributed by atoms with Gasteiger partial charge in [0.15, 0.2) is 0 Å². The summed E-state index contributed by atoms with van der Waals surface area (Å²) in [5.74, 6) is -0.630. The lowest BCUT2D eigenvalue weighted by molar-refractivity contribution is 0.590. The summed E-state index contributed by atoms with van der Waals surface area (Å²) in [6.45, 7) is 1.69. The topological polar surface area (TPSA) is 26.0 Å². The van der Waals surface area contributed by atoms with Crippen LogP contribution in [0.5, 0.6) is 0 Å². The van der Waals surface area contributed by atoms with E-state index >= 15 is 0 Å². The number of halogens is 2. The maximum absolute atomic E-state index is 13.9. The van der Waals surface area contributed by atoms with Gasteiger partial charge in [0.2, 0.25) is 0 Å². The molecule has 2 N–H and O–H groups in total. The molecule has 0 bridgehead atoms. The Hall–Kier alpha value is -1.74. The van der Waals surface area contributed by atoms with E-state index < -0.39 is 6.04 Å². The molecular weight excluding hydrogens is 220 g/mol. The van der Waals surface area contributed by atoms with Crippen LogP contribution in [0.1, 0.15) is 22.7 Å². The molecule has 0 aromatic heterocycles. The second kappa shape index (κ2) is 4.63. The quantitative estimate of drug-likeness (QED) is 0.846. The van der Waals surface area contributed by atoms with Crippen molar-refractivity contribution >= 4 is 0 Å². The van der Waals surface area contributed by atoms with Gasteiger partial charge in [0.05, 0.1) is 6.04 Å². The predicted molar refractivity (Wildman–Crippen MR) is 63.6 cm³/mol. The summed E-state index contributed by atoms with van der Waals surface area (Å²) >= 11 is 0. The Bertz CT molecular complexity index is 520. The highest BCUT2D eigenvalue weighted by Crippen LogP contribution is 2.23. The summed E-state index contributed by atoms with van der Waals surface area (Å²) in [6.07, 6.45) is 0. The molecular formula is C14H13F2N. The van der Waals surface area contributed by atoms with Crippen molar-refractivity contribution in [3.63, 3.8) is 0 Å².